The van der Waals surface area contributed by atoms with E-state index in [0.717, 1.165) is 34.6 Å². The minimum Gasteiger partial charge on any atom is -0.313 e. The van der Waals surface area contributed by atoms with Gasteiger partial charge in [-0.1, -0.05) is 17.7 Å². The third kappa shape index (κ3) is 1.72. The summed E-state index contributed by atoms with van der Waals surface area (Å²) < 4.78 is 0. The van der Waals surface area contributed by atoms with Gasteiger partial charge in [0.1, 0.15) is 0 Å². The standard InChI is InChI=1S/C18H24ClN/c1-9-6-13(14(19)7-10(9)2)18(20-3)17-15-11-4-5-12(8-11)16(15)17/h6-7,11-12,15-18,20H,4-5,8H2,1-3H3. The van der Waals surface area contributed by atoms with Crippen LogP contribution in [0.15, 0.2) is 12.1 Å². The average Bonchev–Trinajstić information content (AvgIpc) is 2.84. The summed E-state index contributed by atoms with van der Waals surface area (Å²) in [6.07, 6.45) is 4.49. The highest BCUT2D eigenvalue weighted by Crippen LogP contribution is 2.72. The van der Waals surface area contributed by atoms with Gasteiger partial charge in [0.15, 0.2) is 0 Å². The molecule has 0 radical (unpaired) electrons. The SMILES string of the molecule is CNC(c1cc(C)c(C)cc1Cl)C1C2C3CCC(C3)C21. The first-order chi connectivity index (χ1) is 9.61. The van der Waals surface area contributed by atoms with Crippen LogP contribution in [0.2, 0.25) is 5.02 Å². The molecule has 108 valence electrons. The van der Waals surface area contributed by atoms with E-state index < -0.39 is 0 Å². The summed E-state index contributed by atoms with van der Waals surface area (Å²) in [5, 5.41) is 4.53. The number of hydrogen-bond donors (Lipinski definition) is 1. The first-order valence-electron chi connectivity index (χ1n) is 8.05. The van der Waals surface area contributed by atoms with E-state index in [1.54, 1.807) is 0 Å². The molecule has 3 saturated carbocycles. The van der Waals surface area contributed by atoms with Crippen molar-refractivity contribution in [3.8, 4) is 0 Å². The number of benzene rings is 1. The number of nitrogens with one attached hydrogen (secondary N) is 1. The molecule has 0 saturated heterocycles. The van der Waals surface area contributed by atoms with Crippen LogP contribution < -0.4 is 5.32 Å². The van der Waals surface area contributed by atoms with Crippen molar-refractivity contribution in [2.24, 2.45) is 29.6 Å². The summed E-state index contributed by atoms with van der Waals surface area (Å²) in [5.74, 6) is 4.87. The van der Waals surface area contributed by atoms with Gasteiger partial charge in [0.25, 0.3) is 0 Å². The number of halogens is 1. The zero-order chi connectivity index (χ0) is 14.0. The molecule has 2 heteroatoms. The summed E-state index contributed by atoms with van der Waals surface area (Å²) in [4.78, 5) is 0. The van der Waals surface area contributed by atoms with Gasteiger partial charge in [0, 0.05) is 11.1 Å². The Morgan fingerprint density at radius 2 is 1.70 bits per heavy atom. The second-order valence-corrected chi connectivity index (χ2v) is 7.70. The molecule has 4 rings (SSSR count). The number of aryl methyl sites for hydroxylation is 2. The van der Waals surface area contributed by atoms with Crippen LogP contribution >= 0.6 is 11.6 Å². The van der Waals surface area contributed by atoms with Crippen LogP contribution in [-0.2, 0) is 0 Å². The molecule has 5 unspecified atom stereocenters. The largest absolute Gasteiger partial charge is 0.313 e. The Bertz CT molecular complexity index is 537. The van der Waals surface area contributed by atoms with Crippen molar-refractivity contribution in [1.82, 2.24) is 5.32 Å². The maximum atomic E-state index is 6.55. The third-order valence-electron chi connectivity index (χ3n) is 6.44. The summed E-state index contributed by atoms with van der Waals surface area (Å²) in [7, 11) is 2.10. The molecule has 1 N–H and O–H groups in total. The lowest BCUT2D eigenvalue weighted by molar-refractivity contribution is 0.385. The van der Waals surface area contributed by atoms with Gasteiger partial charge in [0.2, 0.25) is 0 Å². The van der Waals surface area contributed by atoms with Crippen molar-refractivity contribution in [2.45, 2.75) is 39.2 Å². The Morgan fingerprint density at radius 1 is 1.10 bits per heavy atom. The molecule has 0 spiro atoms. The maximum absolute atomic E-state index is 6.55. The first kappa shape index (κ1) is 13.2. The van der Waals surface area contributed by atoms with Gasteiger partial charge in [-0.25, -0.2) is 0 Å². The molecule has 0 heterocycles. The average molecular weight is 290 g/mol. The normalized spacial score (nSPS) is 38.9. The fourth-order valence-corrected chi connectivity index (χ4v) is 5.77. The molecule has 2 bridgehead atoms. The molecule has 3 aliphatic rings. The van der Waals surface area contributed by atoms with E-state index in [9.17, 15) is 0 Å². The predicted octanol–water partition coefficient (Wildman–Crippen LogP) is 4.51. The lowest BCUT2D eigenvalue weighted by Gasteiger charge is -2.22. The Balaban J connectivity index is 1.65. The van der Waals surface area contributed by atoms with E-state index in [0.29, 0.717) is 6.04 Å². The van der Waals surface area contributed by atoms with Crippen LogP contribution in [0.1, 0.15) is 42.0 Å². The molecule has 0 amide bonds. The number of rotatable bonds is 3. The Labute approximate surface area is 127 Å². The summed E-state index contributed by atoms with van der Waals surface area (Å²) in [6, 6.07) is 4.91. The highest BCUT2D eigenvalue weighted by molar-refractivity contribution is 6.31. The zero-order valence-corrected chi connectivity index (χ0v) is 13.4. The van der Waals surface area contributed by atoms with Crippen LogP contribution in [0.4, 0.5) is 0 Å². The van der Waals surface area contributed by atoms with E-state index >= 15 is 0 Å². The van der Waals surface area contributed by atoms with Crippen molar-refractivity contribution in [3.63, 3.8) is 0 Å². The van der Waals surface area contributed by atoms with Crippen molar-refractivity contribution < 1.29 is 0 Å². The smallest absolute Gasteiger partial charge is 0.0456 e. The molecular formula is C18H24ClN. The van der Waals surface area contributed by atoms with Crippen molar-refractivity contribution in [1.29, 1.82) is 0 Å². The third-order valence-corrected chi connectivity index (χ3v) is 6.77. The Kier molecular flexibility index (Phi) is 2.95. The van der Waals surface area contributed by atoms with Crippen molar-refractivity contribution in [3.05, 3.63) is 33.8 Å². The molecule has 1 nitrogen and oxygen atoms in total. The van der Waals surface area contributed by atoms with E-state index in [1.807, 2.05) is 0 Å². The lowest BCUT2D eigenvalue weighted by atomic mass is 9.91. The fraction of sp³-hybridized carbons (Fsp3) is 0.667. The van der Waals surface area contributed by atoms with E-state index in [1.165, 1.54) is 36.0 Å². The second-order valence-electron chi connectivity index (χ2n) is 7.29. The van der Waals surface area contributed by atoms with Crippen molar-refractivity contribution in [2.75, 3.05) is 7.05 Å². The molecule has 3 aliphatic carbocycles. The van der Waals surface area contributed by atoms with E-state index in [4.69, 9.17) is 11.6 Å². The van der Waals surface area contributed by atoms with Crippen LogP contribution in [0.3, 0.4) is 0 Å². The van der Waals surface area contributed by atoms with Crippen LogP contribution in [0.5, 0.6) is 0 Å². The Hall–Kier alpha value is -0.530. The van der Waals surface area contributed by atoms with E-state index in [-0.39, 0.29) is 0 Å². The molecule has 20 heavy (non-hydrogen) atoms. The van der Waals surface area contributed by atoms with Crippen LogP contribution in [-0.4, -0.2) is 7.05 Å². The summed E-state index contributed by atoms with van der Waals surface area (Å²) in [5.41, 5.74) is 3.99. The molecule has 5 atom stereocenters. The Morgan fingerprint density at radius 3 is 2.30 bits per heavy atom. The molecule has 3 fully saturated rings. The molecule has 0 aromatic heterocycles. The van der Waals surface area contributed by atoms with Gasteiger partial charge >= 0.3 is 0 Å². The van der Waals surface area contributed by atoms with Gasteiger partial charge in [0.05, 0.1) is 0 Å². The number of fused-ring (bicyclic) bond motifs is 5. The minimum absolute atomic E-state index is 0.459. The lowest BCUT2D eigenvalue weighted by Crippen LogP contribution is -2.22. The molecule has 1 aromatic rings. The highest BCUT2D eigenvalue weighted by Gasteiger charge is 2.66. The topological polar surface area (TPSA) is 12.0 Å². The summed E-state index contributed by atoms with van der Waals surface area (Å²) >= 11 is 6.55. The van der Waals surface area contributed by atoms with Gasteiger partial charge in [-0.05, 0) is 92.5 Å². The van der Waals surface area contributed by atoms with Gasteiger partial charge in [-0.3, -0.25) is 0 Å². The fourth-order valence-electron chi connectivity index (χ4n) is 5.44. The van der Waals surface area contributed by atoms with E-state index in [2.05, 4.69) is 38.3 Å². The quantitative estimate of drug-likeness (QED) is 0.863. The zero-order valence-electron chi connectivity index (χ0n) is 12.6. The van der Waals surface area contributed by atoms with Gasteiger partial charge in [-0.2, -0.15) is 0 Å². The number of hydrogen-bond acceptors (Lipinski definition) is 1. The summed E-state index contributed by atoms with van der Waals surface area (Å²) in [6.45, 7) is 4.34. The minimum atomic E-state index is 0.459. The monoisotopic (exact) mass is 289 g/mol. The predicted molar refractivity (Wildman–Crippen MR) is 84.0 cm³/mol. The maximum Gasteiger partial charge on any atom is 0.0456 e. The van der Waals surface area contributed by atoms with Crippen molar-refractivity contribution >= 4 is 11.6 Å². The van der Waals surface area contributed by atoms with Gasteiger partial charge < -0.3 is 5.32 Å². The molecule has 0 aliphatic heterocycles. The van der Waals surface area contributed by atoms with Crippen LogP contribution in [0, 0.1) is 43.4 Å². The van der Waals surface area contributed by atoms with Crippen LogP contribution in [0.25, 0.3) is 0 Å². The molecular weight excluding hydrogens is 266 g/mol. The van der Waals surface area contributed by atoms with Gasteiger partial charge in [-0.15, -0.1) is 0 Å². The first-order valence-corrected chi connectivity index (χ1v) is 8.43. The second kappa shape index (κ2) is 4.48. The highest BCUT2D eigenvalue weighted by atomic mass is 35.5. The molecule has 1 aromatic carbocycles.